The molecule has 5 nitrogen and oxygen atoms in total. The molecule has 0 aliphatic carbocycles. The lowest BCUT2D eigenvalue weighted by molar-refractivity contribution is 1.31. The number of nitrogens with zero attached hydrogens (tertiary/aromatic N) is 3. The van der Waals surface area contributed by atoms with Gasteiger partial charge in [-0.25, -0.2) is 4.98 Å². The van der Waals surface area contributed by atoms with Crippen LogP contribution in [0.3, 0.4) is 0 Å². The van der Waals surface area contributed by atoms with E-state index in [0.717, 1.165) is 44.0 Å². The maximum absolute atomic E-state index is 11.9. The molecule has 0 fully saturated rings. The van der Waals surface area contributed by atoms with E-state index in [-0.39, 0.29) is 5.43 Å². The van der Waals surface area contributed by atoms with E-state index in [4.69, 9.17) is 11.6 Å². The van der Waals surface area contributed by atoms with Crippen molar-refractivity contribution in [1.82, 2.24) is 19.9 Å². The summed E-state index contributed by atoms with van der Waals surface area (Å²) >= 11 is 6.26. The highest BCUT2D eigenvalue weighted by molar-refractivity contribution is 6.35. The third-order valence-electron chi connectivity index (χ3n) is 5.37. The molecule has 34 heavy (non-hydrogen) atoms. The zero-order valence-electron chi connectivity index (χ0n) is 18.0. The first-order valence-corrected chi connectivity index (χ1v) is 11.0. The van der Waals surface area contributed by atoms with Crippen molar-refractivity contribution in [3.63, 3.8) is 0 Å². The summed E-state index contributed by atoms with van der Waals surface area (Å²) in [4.78, 5) is 27.7. The average molecular weight is 463 g/mol. The molecule has 4 aromatic heterocycles. The van der Waals surface area contributed by atoms with Crippen molar-refractivity contribution in [3.05, 3.63) is 125 Å². The third-order valence-corrected chi connectivity index (χ3v) is 5.68. The summed E-state index contributed by atoms with van der Waals surface area (Å²) < 4.78 is 0. The molecule has 1 N–H and O–H groups in total. The third kappa shape index (κ3) is 4.56. The number of hydrogen-bond donors (Lipinski definition) is 1. The van der Waals surface area contributed by atoms with Crippen LogP contribution in [0.4, 0.5) is 0 Å². The Balaban J connectivity index is 0.000000142. The van der Waals surface area contributed by atoms with Gasteiger partial charge in [0.15, 0.2) is 5.43 Å². The van der Waals surface area contributed by atoms with Crippen LogP contribution in [0, 0.1) is 0 Å². The Labute approximate surface area is 200 Å². The Hall–Kier alpha value is -4.35. The van der Waals surface area contributed by atoms with Gasteiger partial charge in [-0.3, -0.25) is 14.8 Å². The molecule has 0 spiro atoms. The van der Waals surface area contributed by atoms with E-state index < -0.39 is 0 Å². The molecule has 6 rings (SSSR count). The largest absolute Gasteiger partial charge is 0.354 e. The molecule has 164 valence electrons. The fourth-order valence-corrected chi connectivity index (χ4v) is 3.95. The molecule has 0 aliphatic heterocycles. The maximum atomic E-state index is 11.9. The molecule has 4 heterocycles. The van der Waals surface area contributed by atoms with E-state index in [1.807, 2.05) is 78.9 Å². The fourth-order valence-electron chi connectivity index (χ4n) is 3.69. The van der Waals surface area contributed by atoms with Crippen LogP contribution in [0.1, 0.15) is 0 Å². The summed E-state index contributed by atoms with van der Waals surface area (Å²) in [5.74, 6) is 0. The Bertz CT molecular complexity index is 1630. The van der Waals surface area contributed by atoms with Crippen LogP contribution in [-0.2, 0) is 0 Å². The lowest BCUT2D eigenvalue weighted by atomic mass is 10.1. The zero-order chi connectivity index (χ0) is 23.3. The van der Waals surface area contributed by atoms with E-state index in [9.17, 15) is 4.79 Å². The number of nitrogens with one attached hydrogen (secondary N) is 1. The average Bonchev–Trinajstić information content (AvgIpc) is 2.90. The van der Waals surface area contributed by atoms with Crippen LogP contribution < -0.4 is 5.43 Å². The molecule has 0 amide bonds. The van der Waals surface area contributed by atoms with E-state index in [1.54, 1.807) is 30.9 Å². The highest BCUT2D eigenvalue weighted by atomic mass is 35.5. The van der Waals surface area contributed by atoms with Gasteiger partial charge in [0.2, 0.25) is 0 Å². The minimum absolute atomic E-state index is 0.0335. The number of fused-ring (bicyclic) bond motifs is 2. The Morgan fingerprint density at radius 1 is 0.676 bits per heavy atom. The number of para-hydroxylation sites is 2. The molecule has 0 saturated carbocycles. The highest BCUT2D eigenvalue weighted by Gasteiger charge is 2.05. The molecular weight excluding hydrogens is 444 g/mol. The van der Waals surface area contributed by atoms with E-state index in [2.05, 4.69) is 19.9 Å². The second kappa shape index (κ2) is 9.65. The van der Waals surface area contributed by atoms with Gasteiger partial charge in [-0.2, -0.15) is 0 Å². The number of aromatic nitrogens is 4. The lowest BCUT2D eigenvalue weighted by Gasteiger charge is -2.04. The quantitative estimate of drug-likeness (QED) is 0.317. The van der Waals surface area contributed by atoms with Crippen LogP contribution >= 0.6 is 11.6 Å². The predicted molar refractivity (Wildman–Crippen MR) is 138 cm³/mol. The van der Waals surface area contributed by atoms with Crippen LogP contribution in [-0.4, -0.2) is 19.9 Å². The van der Waals surface area contributed by atoms with Gasteiger partial charge in [-0.05, 0) is 48.5 Å². The van der Waals surface area contributed by atoms with Crippen molar-refractivity contribution in [2.75, 3.05) is 0 Å². The number of H-pyrrole nitrogens is 1. The summed E-state index contributed by atoms with van der Waals surface area (Å²) in [6.45, 7) is 0. The van der Waals surface area contributed by atoms with Gasteiger partial charge in [0.25, 0.3) is 0 Å². The first-order valence-electron chi connectivity index (χ1n) is 10.7. The molecule has 0 atom stereocenters. The Morgan fingerprint density at radius 3 is 2.03 bits per heavy atom. The van der Waals surface area contributed by atoms with Crippen molar-refractivity contribution < 1.29 is 0 Å². The molecule has 0 bridgehead atoms. The van der Waals surface area contributed by atoms with Crippen LogP contribution in [0.5, 0.6) is 0 Å². The highest BCUT2D eigenvalue weighted by Crippen LogP contribution is 2.27. The molecule has 6 aromatic rings. The standard InChI is InChI=1S/C14H9ClN2.C14H10N2O/c15-12-9-14(10-5-7-16-8-6-10)17-13-4-2-1-3-11(12)13;17-14-9-13(10-5-7-15-8-6-10)16-12-4-2-1-3-11(12)14/h1-9H;1-9H,(H,16,17). The Morgan fingerprint density at radius 2 is 1.29 bits per heavy atom. The molecule has 0 saturated heterocycles. The summed E-state index contributed by atoms with van der Waals surface area (Å²) in [6.07, 6.45) is 6.92. The summed E-state index contributed by atoms with van der Waals surface area (Å²) in [7, 11) is 0. The summed E-state index contributed by atoms with van der Waals surface area (Å²) in [6, 6.07) is 26.5. The van der Waals surface area contributed by atoms with Crippen molar-refractivity contribution in [2.45, 2.75) is 0 Å². The zero-order valence-corrected chi connectivity index (χ0v) is 18.8. The van der Waals surface area contributed by atoms with Gasteiger partial charge in [0.1, 0.15) is 0 Å². The maximum Gasteiger partial charge on any atom is 0.190 e. The molecule has 0 unspecified atom stereocenters. The molecule has 2 aromatic carbocycles. The molecule has 0 radical (unpaired) electrons. The number of rotatable bonds is 2. The van der Waals surface area contributed by atoms with Crippen LogP contribution in [0.15, 0.2) is 115 Å². The Kier molecular flexibility index (Phi) is 6.10. The topological polar surface area (TPSA) is 71.5 Å². The van der Waals surface area contributed by atoms with Crippen molar-refractivity contribution in [3.8, 4) is 22.5 Å². The van der Waals surface area contributed by atoms with Gasteiger partial charge < -0.3 is 4.98 Å². The normalized spacial score (nSPS) is 10.6. The van der Waals surface area contributed by atoms with Gasteiger partial charge in [0, 0.05) is 64.0 Å². The first kappa shape index (κ1) is 21.5. The molecular formula is C28H19ClN4O. The van der Waals surface area contributed by atoms with E-state index in [0.29, 0.717) is 5.39 Å². The SMILES string of the molecule is Clc1cc(-c2ccncc2)nc2ccccc12.O=c1cc(-c2ccncc2)[nH]c2ccccc12. The smallest absolute Gasteiger partial charge is 0.190 e. The first-order chi connectivity index (χ1) is 16.7. The van der Waals surface area contributed by atoms with Gasteiger partial charge in [-0.1, -0.05) is 41.9 Å². The van der Waals surface area contributed by atoms with Crippen molar-refractivity contribution >= 4 is 33.4 Å². The monoisotopic (exact) mass is 462 g/mol. The number of aromatic amines is 1. The molecule has 0 aliphatic rings. The van der Waals surface area contributed by atoms with Crippen molar-refractivity contribution in [2.24, 2.45) is 0 Å². The van der Waals surface area contributed by atoms with Crippen molar-refractivity contribution in [1.29, 1.82) is 0 Å². The lowest BCUT2D eigenvalue weighted by Crippen LogP contribution is -2.02. The predicted octanol–water partition coefficient (Wildman–Crippen LogP) is 6.54. The summed E-state index contributed by atoms with van der Waals surface area (Å²) in [5.41, 5.74) is 5.47. The second-order valence-electron chi connectivity index (χ2n) is 7.57. The number of halogens is 1. The van der Waals surface area contributed by atoms with Gasteiger partial charge in [0.05, 0.1) is 16.2 Å². The van der Waals surface area contributed by atoms with Gasteiger partial charge in [-0.15, -0.1) is 0 Å². The van der Waals surface area contributed by atoms with Gasteiger partial charge >= 0.3 is 0 Å². The van der Waals surface area contributed by atoms with E-state index in [1.165, 1.54) is 0 Å². The second-order valence-corrected chi connectivity index (χ2v) is 7.98. The summed E-state index contributed by atoms with van der Waals surface area (Å²) in [5, 5.41) is 2.42. The minimum atomic E-state index is 0.0335. The number of hydrogen-bond acceptors (Lipinski definition) is 4. The van der Waals surface area contributed by atoms with E-state index >= 15 is 0 Å². The molecule has 6 heteroatoms. The number of pyridine rings is 4. The fraction of sp³-hybridized carbons (Fsp3) is 0. The number of benzene rings is 2. The van der Waals surface area contributed by atoms with Crippen LogP contribution in [0.2, 0.25) is 5.02 Å². The van der Waals surface area contributed by atoms with Crippen LogP contribution in [0.25, 0.3) is 44.3 Å². The minimum Gasteiger partial charge on any atom is -0.354 e.